The second-order valence-electron chi connectivity index (χ2n) is 3.32. The molecule has 2 heteroatoms. The molecular weight excluding hydrogens is 162 g/mol. The SMILES string of the molecule is CC(=O)C1=c2cccc(C)c2=NC1. The lowest BCUT2D eigenvalue weighted by Crippen LogP contribution is -2.26. The van der Waals surface area contributed by atoms with Crippen molar-refractivity contribution in [3.8, 4) is 0 Å². The Morgan fingerprint density at radius 2 is 2.23 bits per heavy atom. The maximum absolute atomic E-state index is 11.2. The topological polar surface area (TPSA) is 29.4 Å². The van der Waals surface area contributed by atoms with Crippen molar-refractivity contribution >= 4 is 11.4 Å². The third-order valence-corrected chi connectivity index (χ3v) is 2.38. The summed E-state index contributed by atoms with van der Waals surface area (Å²) >= 11 is 0. The molecule has 0 N–H and O–H groups in total. The highest BCUT2D eigenvalue weighted by molar-refractivity contribution is 6.14. The fraction of sp³-hybridized carbons (Fsp3) is 0.273. The zero-order chi connectivity index (χ0) is 9.42. The number of Topliss-reactive ketones (excluding diaryl/α,β-unsaturated/α-hetero) is 1. The van der Waals surface area contributed by atoms with Gasteiger partial charge in [0.25, 0.3) is 0 Å². The third-order valence-electron chi connectivity index (χ3n) is 2.38. The smallest absolute Gasteiger partial charge is 0.158 e. The highest BCUT2D eigenvalue weighted by atomic mass is 16.1. The second-order valence-corrected chi connectivity index (χ2v) is 3.32. The number of ketones is 1. The summed E-state index contributed by atoms with van der Waals surface area (Å²) in [6.45, 7) is 4.17. The lowest BCUT2D eigenvalue weighted by atomic mass is 10.1. The van der Waals surface area contributed by atoms with Crippen molar-refractivity contribution in [2.45, 2.75) is 13.8 Å². The van der Waals surface area contributed by atoms with Crippen LogP contribution >= 0.6 is 0 Å². The lowest BCUT2D eigenvalue weighted by Gasteiger charge is -1.92. The van der Waals surface area contributed by atoms with Gasteiger partial charge in [0.1, 0.15) is 0 Å². The Hall–Kier alpha value is -1.44. The summed E-state index contributed by atoms with van der Waals surface area (Å²) in [6, 6.07) is 5.96. The van der Waals surface area contributed by atoms with Crippen LogP contribution in [0.2, 0.25) is 0 Å². The van der Waals surface area contributed by atoms with Crippen LogP contribution < -0.4 is 10.6 Å². The van der Waals surface area contributed by atoms with Crippen LogP contribution in [0.1, 0.15) is 12.5 Å². The minimum Gasteiger partial charge on any atom is -0.295 e. The number of hydrogen-bond donors (Lipinski definition) is 0. The number of nitrogens with zero attached hydrogens (tertiary/aromatic N) is 1. The number of benzene rings is 1. The molecule has 1 aliphatic rings. The van der Waals surface area contributed by atoms with E-state index in [1.165, 1.54) is 0 Å². The van der Waals surface area contributed by atoms with Crippen molar-refractivity contribution in [3.63, 3.8) is 0 Å². The Labute approximate surface area is 76.6 Å². The highest BCUT2D eigenvalue weighted by Crippen LogP contribution is 1.99. The summed E-state index contributed by atoms with van der Waals surface area (Å²) in [4.78, 5) is 15.6. The molecule has 1 aromatic carbocycles. The first kappa shape index (κ1) is 8.17. The first-order valence-electron chi connectivity index (χ1n) is 4.34. The van der Waals surface area contributed by atoms with Gasteiger partial charge < -0.3 is 0 Å². The molecule has 66 valence electrons. The van der Waals surface area contributed by atoms with Gasteiger partial charge in [0, 0.05) is 10.8 Å². The van der Waals surface area contributed by atoms with Crippen molar-refractivity contribution in [2.24, 2.45) is 4.99 Å². The van der Waals surface area contributed by atoms with Gasteiger partial charge in [-0.25, -0.2) is 0 Å². The molecule has 0 fully saturated rings. The predicted molar refractivity (Wildman–Crippen MR) is 50.9 cm³/mol. The molecule has 0 spiro atoms. The van der Waals surface area contributed by atoms with Gasteiger partial charge in [-0.2, -0.15) is 0 Å². The van der Waals surface area contributed by atoms with Crippen molar-refractivity contribution in [3.05, 3.63) is 34.3 Å². The van der Waals surface area contributed by atoms with Crippen LogP contribution in [0.25, 0.3) is 5.57 Å². The maximum Gasteiger partial charge on any atom is 0.158 e. The largest absolute Gasteiger partial charge is 0.295 e. The van der Waals surface area contributed by atoms with E-state index in [1.807, 2.05) is 25.1 Å². The second kappa shape index (κ2) is 2.80. The van der Waals surface area contributed by atoms with E-state index in [1.54, 1.807) is 6.92 Å². The third kappa shape index (κ3) is 1.18. The molecule has 1 heterocycles. The standard InChI is InChI=1S/C11H11NO/c1-7-4-3-5-9-10(8(2)13)6-12-11(7)9/h3-5H,6H2,1-2H3. The summed E-state index contributed by atoms with van der Waals surface area (Å²) in [6.07, 6.45) is 0. The van der Waals surface area contributed by atoms with Crippen molar-refractivity contribution < 1.29 is 4.79 Å². The van der Waals surface area contributed by atoms with Gasteiger partial charge in [0.05, 0.1) is 11.9 Å². The van der Waals surface area contributed by atoms with E-state index in [9.17, 15) is 4.79 Å². The quantitative estimate of drug-likeness (QED) is 0.603. The predicted octanol–water partition coefficient (Wildman–Crippen LogP) is 0.368. The van der Waals surface area contributed by atoms with Crippen molar-refractivity contribution in [1.82, 2.24) is 0 Å². The minimum absolute atomic E-state index is 0.133. The van der Waals surface area contributed by atoms with Gasteiger partial charge in [0.2, 0.25) is 0 Å². The Morgan fingerprint density at radius 1 is 1.46 bits per heavy atom. The van der Waals surface area contributed by atoms with Crippen molar-refractivity contribution in [1.29, 1.82) is 0 Å². The molecule has 0 atom stereocenters. The Kier molecular flexibility index (Phi) is 1.76. The molecule has 0 aliphatic carbocycles. The maximum atomic E-state index is 11.2. The Balaban J connectivity index is 2.86. The van der Waals surface area contributed by atoms with Crippen LogP contribution in [0.5, 0.6) is 0 Å². The molecule has 2 nitrogen and oxygen atoms in total. The summed E-state index contributed by atoms with van der Waals surface area (Å²) in [5.74, 6) is 0.133. The van der Waals surface area contributed by atoms with E-state index >= 15 is 0 Å². The minimum atomic E-state index is 0.133. The number of hydrogen-bond acceptors (Lipinski definition) is 2. The van der Waals surface area contributed by atoms with Crippen LogP contribution in [-0.2, 0) is 4.79 Å². The number of fused-ring (bicyclic) bond motifs is 1. The van der Waals surface area contributed by atoms with Crippen molar-refractivity contribution in [2.75, 3.05) is 6.54 Å². The molecule has 0 unspecified atom stereocenters. The first-order chi connectivity index (χ1) is 6.20. The van der Waals surface area contributed by atoms with Gasteiger partial charge in [-0.3, -0.25) is 9.79 Å². The zero-order valence-corrected chi connectivity index (χ0v) is 7.79. The van der Waals surface area contributed by atoms with Gasteiger partial charge in [-0.1, -0.05) is 18.2 Å². The summed E-state index contributed by atoms with van der Waals surface area (Å²) < 4.78 is 0. The fourth-order valence-corrected chi connectivity index (χ4v) is 1.66. The molecule has 0 saturated carbocycles. The molecule has 2 rings (SSSR count). The molecule has 0 amide bonds. The molecular formula is C11H11NO. The van der Waals surface area contributed by atoms with E-state index in [0.717, 1.165) is 21.7 Å². The number of carbonyl (C=O) groups excluding carboxylic acids is 1. The lowest BCUT2D eigenvalue weighted by molar-refractivity contribution is -0.112. The Morgan fingerprint density at radius 3 is 2.92 bits per heavy atom. The van der Waals surface area contributed by atoms with E-state index in [0.29, 0.717) is 6.54 Å². The van der Waals surface area contributed by atoms with Crippen LogP contribution in [0.4, 0.5) is 0 Å². The average molecular weight is 173 g/mol. The number of para-hydroxylation sites is 1. The van der Waals surface area contributed by atoms with Gasteiger partial charge in [-0.15, -0.1) is 0 Å². The number of aryl methyl sites for hydroxylation is 1. The van der Waals surface area contributed by atoms with Crippen LogP contribution in [0, 0.1) is 6.92 Å². The molecule has 1 aliphatic heterocycles. The molecule has 1 aromatic rings. The normalized spacial score (nSPS) is 13.8. The fourth-order valence-electron chi connectivity index (χ4n) is 1.66. The van der Waals surface area contributed by atoms with E-state index in [4.69, 9.17) is 0 Å². The van der Waals surface area contributed by atoms with E-state index in [-0.39, 0.29) is 5.78 Å². The summed E-state index contributed by atoms with van der Waals surface area (Å²) in [7, 11) is 0. The molecule has 0 radical (unpaired) electrons. The monoisotopic (exact) mass is 173 g/mol. The Bertz CT molecular complexity index is 485. The summed E-state index contributed by atoms with van der Waals surface area (Å²) in [5.41, 5.74) is 1.99. The van der Waals surface area contributed by atoms with Gasteiger partial charge in [-0.05, 0) is 19.4 Å². The van der Waals surface area contributed by atoms with Crippen LogP contribution in [0.3, 0.4) is 0 Å². The molecule has 0 bridgehead atoms. The van der Waals surface area contributed by atoms with E-state index < -0.39 is 0 Å². The average Bonchev–Trinajstić information content (AvgIpc) is 2.48. The van der Waals surface area contributed by atoms with E-state index in [2.05, 4.69) is 4.99 Å². The van der Waals surface area contributed by atoms with Gasteiger partial charge in [0.15, 0.2) is 5.78 Å². The van der Waals surface area contributed by atoms with Gasteiger partial charge >= 0.3 is 0 Å². The first-order valence-corrected chi connectivity index (χ1v) is 4.34. The van der Waals surface area contributed by atoms with Crippen LogP contribution in [-0.4, -0.2) is 12.3 Å². The molecule has 0 aromatic heterocycles. The molecule has 13 heavy (non-hydrogen) atoms. The summed E-state index contributed by atoms with van der Waals surface area (Å²) in [5, 5.41) is 2.01. The molecule has 0 saturated heterocycles. The zero-order valence-electron chi connectivity index (χ0n) is 7.79. The van der Waals surface area contributed by atoms with Crippen LogP contribution in [0.15, 0.2) is 23.2 Å². The highest BCUT2D eigenvalue weighted by Gasteiger charge is 2.10. The number of rotatable bonds is 1. The number of carbonyl (C=O) groups is 1.